The quantitative estimate of drug-likeness (QED) is 0.0672. The Morgan fingerprint density at radius 3 is 1.68 bits per heavy atom. The van der Waals surface area contributed by atoms with Crippen molar-refractivity contribution >= 4 is 36.3 Å². The molecule has 0 saturated carbocycles. The summed E-state index contributed by atoms with van der Waals surface area (Å²) in [6.45, 7) is 11.5. The summed E-state index contributed by atoms with van der Waals surface area (Å²) in [6.07, 6.45) is 0.374. The van der Waals surface area contributed by atoms with Crippen molar-refractivity contribution in [3.63, 3.8) is 0 Å². The van der Waals surface area contributed by atoms with E-state index in [9.17, 15) is 19.2 Å². The van der Waals surface area contributed by atoms with Crippen LogP contribution in [0.2, 0.25) is 0 Å². The van der Waals surface area contributed by atoms with Gasteiger partial charge in [-0.2, -0.15) is 12.6 Å². The lowest BCUT2D eigenvalue weighted by atomic mass is 10.3. The molecule has 13 nitrogen and oxygen atoms in total. The number of carbonyl (C=O) groups is 4. The summed E-state index contributed by atoms with van der Waals surface area (Å²) in [5, 5.41) is 2.07. The Balaban J connectivity index is -0.00000371. The third kappa shape index (κ3) is 21.0. The van der Waals surface area contributed by atoms with Crippen LogP contribution >= 0.6 is 12.6 Å². The van der Waals surface area contributed by atoms with Crippen LogP contribution in [-0.2, 0) is 52.3 Å². The Hall–Kier alpha value is -1.81. The monoisotopic (exact) mass is 600 g/mol. The highest BCUT2D eigenvalue weighted by Crippen LogP contribution is 2.17. The molecule has 0 radical (unpaired) electrons. The number of hydrogen-bond acceptors (Lipinski definition) is 12. The molecule has 0 aromatic rings. The second-order valence-electron chi connectivity index (χ2n) is 7.93. The lowest BCUT2D eigenvalue weighted by Gasteiger charge is -2.13. The lowest BCUT2D eigenvalue weighted by Crippen LogP contribution is -2.36. The first-order chi connectivity index (χ1) is 19.5. The number of nitrogens with zero attached hydrogens (tertiary/aromatic N) is 1. The first-order valence-corrected chi connectivity index (χ1v) is 14.4. The van der Waals surface area contributed by atoms with E-state index in [1.807, 2.05) is 13.8 Å². The van der Waals surface area contributed by atoms with Crippen LogP contribution in [0.5, 0.6) is 0 Å². The number of nitrogens with one attached hydrogen (secondary N) is 1. The average molecular weight is 601 g/mol. The maximum atomic E-state index is 11.8. The molecule has 40 heavy (non-hydrogen) atoms. The van der Waals surface area contributed by atoms with Gasteiger partial charge in [0.1, 0.15) is 0 Å². The number of carbonyl (C=O) groups excluding carboxylic acids is 4. The van der Waals surface area contributed by atoms with Crippen LogP contribution < -0.4 is 5.32 Å². The van der Waals surface area contributed by atoms with E-state index in [-0.39, 0.29) is 52.4 Å². The van der Waals surface area contributed by atoms with Gasteiger partial charge in [0, 0.05) is 28.8 Å². The first kappa shape index (κ1) is 38.2. The van der Waals surface area contributed by atoms with Crippen molar-refractivity contribution in [3.8, 4) is 0 Å². The molecule has 1 N–H and O–H groups in total. The molecule has 1 unspecified atom stereocenters. The molecule has 1 aliphatic rings. The van der Waals surface area contributed by atoms with Crippen molar-refractivity contribution < 1.29 is 55.2 Å². The third-order valence-corrected chi connectivity index (χ3v) is 5.37. The molecule has 1 aliphatic heterocycles. The summed E-state index contributed by atoms with van der Waals surface area (Å²) in [4.78, 5) is 47.4. The van der Waals surface area contributed by atoms with Crippen LogP contribution in [0.4, 0.5) is 0 Å². The number of hydrogen-bond donors (Lipinski definition) is 2. The highest BCUT2D eigenvalue weighted by Gasteiger charge is 2.36. The van der Waals surface area contributed by atoms with Crippen molar-refractivity contribution in [1.82, 2.24) is 10.2 Å². The Morgan fingerprint density at radius 2 is 1.25 bits per heavy atom. The minimum absolute atomic E-state index is 0. The predicted octanol–water partition coefficient (Wildman–Crippen LogP) is 1.12. The van der Waals surface area contributed by atoms with E-state index in [0.717, 1.165) is 4.90 Å². The number of esters is 1. The number of imide groups is 1. The molecule has 1 saturated heterocycles. The van der Waals surface area contributed by atoms with Gasteiger partial charge in [-0.3, -0.25) is 24.1 Å². The summed E-state index contributed by atoms with van der Waals surface area (Å²) >= 11 is 4.04. The van der Waals surface area contributed by atoms with Crippen molar-refractivity contribution in [2.45, 2.75) is 45.3 Å². The number of ether oxygens (including phenoxy) is 7. The number of rotatable bonds is 25. The topological polar surface area (TPSA) is 148 Å². The highest BCUT2D eigenvalue weighted by molar-refractivity contribution is 7.81. The van der Waals surface area contributed by atoms with E-state index in [1.165, 1.54) is 0 Å². The van der Waals surface area contributed by atoms with E-state index in [2.05, 4.69) is 17.9 Å². The van der Waals surface area contributed by atoms with Crippen molar-refractivity contribution in [3.05, 3.63) is 0 Å². The van der Waals surface area contributed by atoms with Crippen LogP contribution in [-0.4, -0.2) is 133 Å². The Kier molecular flexibility index (Phi) is 26.1. The van der Waals surface area contributed by atoms with E-state index < -0.39 is 5.25 Å². The molecular weight excluding hydrogens is 548 g/mol. The maximum absolute atomic E-state index is 11.8. The number of amides is 3. The van der Waals surface area contributed by atoms with Gasteiger partial charge in [0.15, 0.2) is 0 Å². The van der Waals surface area contributed by atoms with Gasteiger partial charge < -0.3 is 38.5 Å². The first-order valence-electron chi connectivity index (χ1n) is 13.9. The molecule has 0 aromatic carbocycles. The minimum atomic E-state index is -0.604. The van der Waals surface area contributed by atoms with Crippen LogP contribution in [0.25, 0.3) is 0 Å². The maximum Gasteiger partial charge on any atom is 0.308 e. The van der Waals surface area contributed by atoms with Crippen molar-refractivity contribution in [2.24, 2.45) is 0 Å². The Labute approximate surface area is 246 Å². The summed E-state index contributed by atoms with van der Waals surface area (Å²) in [5.41, 5.74) is 0. The van der Waals surface area contributed by atoms with Gasteiger partial charge in [-0.15, -0.1) is 0 Å². The fraction of sp³-hybridized carbons (Fsp3) is 0.846. The van der Waals surface area contributed by atoms with Crippen LogP contribution in [0.15, 0.2) is 0 Å². The summed E-state index contributed by atoms with van der Waals surface area (Å²) in [6, 6.07) is 0. The van der Waals surface area contributed by atoms with E-state index >= 15 is 0 Å². The number of likely N-dealkylation sites (tertiary alicyclic amines) is 1. The fourth-order valence-corrected chi connectivity index (χ4v) is 3.35. The van der Waals surface area contributed by atoms with Crippen LogP contribution in [0, 0.1) is 0 Å². The van der Waals surface area contributed by atoms with E-state index in [4.69, 9.17) is 33.2 Å². The van der Waals surface area contributed by atoms with Gasteiger partial charge in [-0.05, 0) is 6.92 Å². The molecule has 0 aromatic heterocycles. The van der Waals surface area contributed by atoms with Gasteiger partial charge in [0.05, 0.1) is 97.6 Å². The molecule has 1 atom stereocenters. The zero-order valence-corrected chi connectivity index (χ0v) is 25.1. The van der Waals surface area contributed by atoms with Gasteiger partial charge in [0.25, 0.3) is 0 Å². The number of thiol groups is 1. The largest absolute Gasteiger partial charge is 0.466 e. The normalized spacial score (nSPS) is 14.7. The molecule has 238 valence electrons. The SMILES string of the molecule is CC.CCOC(=O)CCOCCOCCOCCOCCOCCOCCNC(=O)CCN1C(=O)CC(S)C1=O.[HH].[HH]. The molecule has 0 spiro atoms. The Bertz CT molecular complexity index is 697. The summed E-state index contributed by atoms with van der Waals surface area (Å²) < 4.78 is 37.0. The molecular formula is C26H52N2O11S. The molecule has 1 fully saturated rings. The molecule has 0 bridgehead atoms. The van der Waals surface area contributed by atoms with Gasteiger partial charge in [-0.1, -0.05) is 13.8 Å². The van der Waals surface area contributed by atoms with Gasteiger partial charge in [-0.25, -0.2) is 0 Å². The van der Waals surface area contributed by atoms with E-state index in [0.29, 0.717) is 92.4 Å². The second kappa shape index (κ2) is 27.4. The zero-order valence-electron chi connectivity index (χ0n) is 24.2. The predicted molar refractivity (Wildman–Crippen MR) is 153 cm³/mol. The van der Waals surface area contributed by atoms with Gasteiger partial charge >= 0.3 is 5.97 Å². The lowest BCUT2D eigenvalue weighted by molar-refractivity contribution is -0.144. The van der Waals surface area contributed by atoms with Gasteiger partial charge in [0.2, 0.25) is 17.7 Å². The minimum Gasteiger partial charge on any atom is -0.466 e. The molecule has 14 heteroatoms. The average Bonchev–Trinajstić information content (AvgIpc) is 3.19. The van der Waals surface area contributed by atoms with Crippen LogP contribution in [0.1, 0.15) is 42.9 Å². The molecule has 1 heterocycles. The zero-order chi connectivity index (χ0) is 29.8. The molecule has 1 rings (SSSR count). The smallest absolute Gasteiger partial charge is 0.308 e. The highest BCUT2D eigenvalue weighted by atomic mass is 32.1. The van der Waals surface area contributed by atoms with Crippen molar-refractivity contribution in [2.75, 3.05) is 99.0 Å². The summed E-state index contributed by atoms with van der Waals surface area (Å²) in [7, 11) is 0. The third-order valence-electron chi connectivity index (χ3n) is 4.97. The van der Waals surface area contributed by atoms with Crippen LogP contribution in [0.3, 0.4) is 0 Å². The summed E-state index contributed by atoms with van der Waals surface area (Å²) in [5.74, 6) is -1.16. The standard InChI is InChI=1S/C24H42N2O11S.C2H6.2H2/c1-2-37-23(29)4-7-31-9-11-33-13-15-35-17-18-36-16-14-34-12-10-32-8-5-25-21(27)3-6-26-22(28)19-20(38)24(26)30;1-2;;/h20,38H,2-19H2,1H3,(H,25,27);1-2H3;2*1H. The van der Waals surface area contributed by atoms with Crippen molar-refractivity contribution in [1.29, 1.82) is 0 Å². The van der Waals surface area contributed by atoms with E-state index in [1.54, 1.807) is 6.92 Å². The second-order valence-corrected chi connectivity index (χ2v) is 8.56. The molecule has 3 amide bonds. The molecule has 0 aliphatic carbocycles. The Morgan fingerprint density at radius 1 is 0.800 bits per heavy atom. The fourth-order valence-electron chi connectivity index (χ4n) is 3.06.